The van der Waals surface area contributed by atoms with E-state index >= 15 is 0 Å². The number of likely N-dealkylation sites (tertiary alicyclic amines) is 1. The molecular formula is C20H25N7O. The second-order valence-corrected chi connectivity index (χ2v) is 7.50. The van der Waals surface area contributed by atoms with Crippen molar-refractivity contribution >= 4 is 22.6 Å². The maximum absolute atomic E-state index is 12.6. The Bertz CT molecular complexity index is 989. The normalized spacial score (nSPS) is 15.4. The fourth-order valence-corrected chi connectivity index (χ4v) is 3.59. The van der Waals surface area contributed by atoms with Gasteiger partial charge in [0.2, 0.25) is 0 Å². The van der Waals surface area contributed by atoms with Crippen LogP contribution in [0, 0.1) is 0 Å². The van der Waals surface area contributed by atoms with E-state index in [0.29, 0.717) is 11.9 Å². The smallest absolute Gasteiger partial charge is 0.323 e. The van der Waals surface area contributed by atoms with E-state index in [1.807, 2.05) is 30.3 Å². The van der Waals surface area contributed by atoms with Gasteiger partial charge in [-0.15, -0.1) is 0 Å². The van der Waals surface area contributed by atoms with Crippen LogP contribution in [0.1, 0.15) is 12.8 Å². The fourth-order valence-electron chi connectivity index (χ4n) is 3.59. The van der Waals surface area contributed by atoms with E-state index in [9.17, 15) is 4.79 Å². The second-order valence-electron chi connectivity index (χ2n) is 7.50. The van der Waals surface area contributed by atoms with Crippen LogP contribution in [0.3, 0.4) is 0 Å². The topological polar surface area (TPSA) is 79.2 Å². The summed E-state index contributed by atoms with van der Waals surface area (Å²) in [7, 11) is 6.06. The quantitative estimate of drug-likeness (QED) is 0.757. The molecule has 4 heterocycles. The Morgan fingerprint density at radius 2 is 1.86 bits per heavy atom. The summed E-state index contributed by atoms with van der Waals surface area (Å²) >= 11 is 0. The van der Waals surface area contributed by atoms with Crippen LogP contribution >= 0.6 is 0 Å². The van der Waals surface area contributed by atoms with Crippen molar-refractivity contribution in [1.29, 1.82) is 0 Å². The highest BCUT2D eigenvalue weighted by molar-refractivity contribution is 5.92. The number of carbonyl (C=O) groups excluding carboxylic acids is 1. The molecule has 2 amide bonds. The molecule has 0 aromatic carbocycles. The number of nitrogens with one attached hydrogen (secondary N) is 1. The largest absolute Gasteiger partial charge is 0.324 e. The third-order valence-electron chi connectivity index (χ3n) is 5.32. The lowest BCUT2D eigenvalue weighted by Crippen LogP contribution is -2.46. The van der Waals surface area contributed by atoms with Gasteiger partial charge in [0.15, 0.2) is 0 Å². The standard InChI is InChI=1S/C20H25N7O/c1-25(2)17-4-6-27(7-5-17)20(28)24-19-9-14-8-18(16-12-23-26(3)13-16)21-10-15(14)11-22-19/h8-13,17H,4-7H2,1-3H3,(H,22,24,28). The van der Waals surface area contributed by atoms with E-state index in [1.54, 1.807) is 23.3 Å². The molecule has 0 radical (unpaired) electrons. The number of fused-ring (bicyclic) bond motifs is 1. The van der Waals surface area contributed by atoms with Crippen LogP contribution in [-0.2, 0) is 7.05 Å². The zero-order valence-electron chi connectivity index (χ0n) is 16.5. The minimum Gasteiger partial charge on any atom is -0.324 e. The van der Waals surface area contributed by atoms with Gasteiger partial charge >= 0.3 is 6.03 Å². The molecule has 8 nitrogen and oxygen atoms in total. The lowest BCUT2D eigenvalue weighted by molar-refractivity contribution is 0.156. The minimum absolute atomic E-state index is 0.0920. The molecule has 1 saturated heterocycles. The van der Waals surface area contributed by atoms with Gasteiger partial charge in [0.1, 0.15) is 5.82 Å². The molecule has 1 N–H and O–H groups in total. The molecule has 3 aromatic rings. The van der Waals surface area contributed by atoms with E-state index < -0.39 is 0 Å². The number of hydrogen-bond acceptors (Lipinski definition) is 5. The third-order valence-corrected chi connectivity index (χ3v) is 5.32. The van der Waals surface area contributed by atoms with Crippen molar-refractivity contribution in [2.75, 3.05) is 32.5 Å². The van der Waals surface area contributed by atoms with E-state index in [4.69, 9.17) is 0 Å². The molecule has 0 bridgehead atoms. The van der Waals surface area contributed by atoms with Crippen LogP contribution in [0.5, 0.6) is 0 Å². The predicted molar refractivity (Wildman–Crippen MR) is 109 cm³/mol. The summed E-state index contributed by atoms with van der Waals surface area (Å²) in [6.07, 6.45) is 9.23. The molecule has 146 valence electrons. The minimum atomic E-state index is -0.0920. The molecule has 1 aliphatic heterocycles. The number of nitrogens with zero attached hydrogens (tertiary/aromatic N) is 6. The van der Waals surface area contributed by atoms with Gasteiger partial charge in [-0.2, -0.15) is 5.10 Å². The van der Waals surface area contributed by atoms with Gasteiger partial charge in [-0.1, -0.05) is 0 Å². The van der Waals surface area contributed by atoms with Crippen molar-refractivity contribution in [2.45, 2.75) is 18.9 Å². The summed E-state index contributed by atoms with van der Waals surface area (Å²) in [5.74, 6) is 0.551. The monoisotopic (exact) mass is 379 g/mol. The molecule has 1 fully saturated rings. The highest BCUT2D eigenvalue weighted by Crippen LogP contribution is 2.23. The maximum Gasteiger partial charge on any atom is 0.323 e. The van der Waals surface area contributed by atoms with Gasteiger partial charge in [-0.25, -0.2) is 9.78 Å². The number of pyridine rings is 2. The SMILES string of the molecule is CN(C)C1CCN(C(=O)Nc2cc3cc(-c4cnn(C)c4)ncc3cn2)CC1. The zero-order chi connectivity index (χ0) is 19.7. The van der Waals surface area contributed by atoms with Crippen molar-refractivity contribution in [3.63, 3.8) is 0 Å². The highest BCUT2D eigenvalue weighted by atomic mass is 16.2. The number of aromatic nitrogens is 4. The van der Waals surface area contributed by atoms with E-state index in [-0.39, 0.29) is 6.03 Å². The highest BCUT2D eigenvalue weighted by Gasteiger charge is 2.24. The number of piperidine rings is 1. The first-order chi connectivity index (χ1) is 13.5. The Morgan fingerprint density at radius 1 is 1.11 bits per heavy atom. The lowest BCUT2D eigenvalue weighted by Gasteiger charge is -2.35. The van der Waals surface area contributed by atoms with Gasteiger partial charge in [-0.3, -0.25) is 15.0 Å². The number of hydrogen-bond donors (Lipinski definition) is 1. The Labute approximate surface area is 164 Å². The summed E-state index contributed by atoms with van der Waals surface area (Å²) in [5, 5.41) is 9.04. The molecule has 4 rings (SSSR count). The average molecular weight is 379 g/mol. The first-order valence-corrected chi connectivity index (χ1v) is 9.47. The molecule has 8 heteroatoms. The van der Waals surface area contributed by atoms with Crippen LogP contribution in [0.25, 0.3) is 22.0 Å². The first kappa shape index (κ1) is 18.4. The van der Waals surface area contributed by atoms with E-state index in [1.165, 1.54) is 0 Å². The number of carbonyl (C=O) groups is 1. The molecule has 0 aliphatic carbocycles. The molecule has 0 atom stereocenters. The summed E-state index contributed by atoms with van der Waals surface area (Å²) in [5.41, 5.74) is 1.80. The molecule has 0 unspecified atom stereocenters. The van der Waals surface area contributed by atoms with Crippen LogP contribution in [0.4, 0.5) is 10.6 Å². The number of urea groups is 1. The van der Waals surface area contributed by atoms with Gasteiger partial charge in [0.25, 0.3) is 0 Å². The van der Waals surface area contributed by atoms with Gasteiger partial charge in [-0.05, 0) is 44.5 Å². The van der Waals surface area contributed by atoms with Crippen molar-refractivity contribution in [3.05, 3.63) is 36.9 Å². The van der Waals surface area contributed by atoms with Crippen molar-refractivity contribution in [1.82, 2.24) is 29.5 Å². The predicted octanol–water partition coefficient (Wildman–Crippen LogP) is 2.59. The number of anilines is 1. The average Bonchev–Trinajstić information content (AvgIpc) is 3.14. The molecule has 28 heavy (non-hydrogen) atoms. The second kappa shape index (κ2) is 7.55. The van der Waals surface area contributed by atoms with Crippen molar-refractivity contribution in [2.24, 2.45) is 7.05 Å². The maximum atomic E-state index is 12.6. The number of aryl methyl sites for hydroxylation is 1. The third kappa shape index (κ3) is 3.82. The van der Waals surface area contributed by atoms with Crippen LogP contribution < -0.4 is 5.32 Å². The Balaban J connectivity index is 1.49. The fraction of sp³-hybridized carbons (Fsp3) is 0.400. The molecule has 0 saturated carbocycles. The van der Waals surface area contributed by atoms with Gasteiger partial charge in [0, 0.05) is 55.7 Å². The Kier molecular flexibility index (Phi) is 4.95. The lowest BCUT2D eigenvalue weighted by atomic mass is 10.0. The Hall–Kier alpha value is -3.00. The van der Waals surface area contributed by atoms with Crippen LogP contribution in [0.15, 0.2) is 36.9 Å². The van der Waals surface area contributed by atoms with E-state index in [2.05, 4.69) is 39.4 Å². The zero-order valence-corrected chi connectivity index (χ0v) is 16.5. The molecule has 3 aromatic heterocycles. The van der Waals surface area contributed by atoms with E-state index in [0.717, 1.165) is 48.0 Å². The molecule has 1 aliphatic rings. The molecule has 0 spiro atoms. The van der Waals surface area contributed by atoms with Gasteiger partial charge in [0.05, 0.1) is 11.9 Å². The van der Waals surface area contributed by atoms with Crippen molar-refractivity contribution in [3.8, 4) is 11.3 Å². The van der Waals surface area contributed by atoms with Gasteiger partial charge < -0.3 is 9.80 Å². The van der Waals surface area contributed by atoms with Crippen LogP contribution in [0.2, 0.25) is 0 Å². The Morgan fingerprint density at radius 3 is 2.54 bits per heavy atom. The summed E-state index contributed by atoms with van der Waals surface area (Å²) in [6.45, 7) is 1.52. The number of amides is 2. The number of rotatable bonds is 3. The van der Waals surface area contributed by atoms with Crippen molar-refractivity contribution < 1.29 is 4.79 Å². The van der Waals surface area contributed by atoms with Crippen LogP contribution in [-0.4, -0.2) is 68.8 Å². The molecular weight excluding hydrogens is 354 g/mol. The first-order valence-electron chi connectivity index (χ1n) is 9.47. The summed E-state index contributed by atoms with van der Waals surface area (Å²) in [4.78, 5) is 25.6. The summed E-state index contributed by atoms with van der Waals surface area (Å²) in [6, 6.07) is 4.33. The summed E-state index contributed by atoms with van der Waals surface area (Å²) < 4.78 is 1.75.